The summed E-state index contributed by atoms with van der Waals surface area (Å²) in [5.41, 5.74) is 0. The number of carboxylic acid groups (broad SMARTS) is 1. The van der Waals surface area contributed by atoms with Crippen molar-refractivity contribution in [3.8, 4) is 0 Å². The summed E-state index contributed by atoms with van der Waals surface area (Å²) in [6.07, 6.45) is 2.57. The summed E-state index contributed by atoms with van der Waals surface area (Å²) in [6.45, 7) is 3.22. The lowest BCUT2D eigenvalue weighted by Gasteiger charge is -2.04. The van der Waals surface area contributed by atoms with Crippen molar-refractivity contribution in [3.05, 3.63) is 0 Å². The lowest BCUT2D eigenvalue weighted by molar-refractivity contribution is -0.137. The third-order valence-corrected chi connectivity index (χ3v) is 1.94. The van der Waals surface area contributed by atoms with Crippen molar-refractivity contribution >= 4 is 5.97 Å². The molecule has 5 heteroatoms. The molecule has 0 bridgehead atoms. The number of hydrogen-bond acceptors (Lipinski definition) is 4. The highest BCUT2D eigenvalue weighted by atomic mass is 16.5. The van der Waals surface area contributed by atoms with Gasteiger partial charge in [-0.15, -0.1) is 0 Å². The largest absolute Gasteiger partial charge is 0.481 e. The minimum Gasteiger partial charge on any atom is -0.481 e. The van der Waals surface area contributed by atoms with Gasteiger partial charge in [-0.05, 0) is 19.3 Å². The molecule has 0 aromatic carbocycles. The summed E-state index contributed by atoms with van der Waals surface area (Å²) in [5.74, 6) is -0.744. The van der Waals surface area contributed by atoms with E-state index in [0.717, 1.165) is 12.8 Å². The Morgan fingerprint density at radius 3 is 2.19 bits per heavy atom. The molecular formula is C11H22O5. The van der Waals surface area contributed by atoms with E-state index < -0.39 is 5.97 Å². The molecule has 0 saturated carbocycles. The molecule has 0 fully saturated rings. The molecule has 0 heterocycles. The number of hydrogen-bond donors (Lipinski definition) is 1. The molecule has 0 aliphatic heterocycles. The van der Waals surface area contributed by atoms with Gasteiger partial charge in [0.2, 0.25) is 0 Å². The number of carbonyl (C=O) groups is 1. The zero-order valence-electron chi connectivity index (χ0n) is 9.94. The molecule has 0 rings (SSSR count). The van der Waals surface area contributed by atoms with Crippen molar-refractivity contribution in [2.24, 2.45) is 0 Å². The van der Waals surface area contributed by atoms with Crippen LogP contribution in [0.25, 0.3) is 0 Å². The molecule has 0 amide bonds. The van der Waals surface area contributed by atoms with Crippen molar-refractivity contribution < 1.29 is 24.1 Å². The number of ether oxygens (including phenoxy) is 3. The van der Waals surface area contributed by atoms with Gasteiger partial charge < -0.3 is 19.3 Å². The van der Waals surface area contributed by atoms with Gasteiger partial charge >= 0.3 is 5.97 Å². The third-order valence-electron chi connectivity index (χ3n) is 1.94. The van der Waals surface area contributed by atoms with E-state index >= 15 is 0 Å². The molecule has 0 spiro atoms. The van der Waals surface area contributed by atoms with Crippen molar-refractivity contribution in [2.75, 3.05) is 40.1 Å². The summed E-state index contributed by atoms with van der Waals surface area (Å²) in [5, 5.41) is 8.39. The second kappa shape index (κ2) is 12.4. The highest BCUT2D eigenvalue weighted by Gasteiger charge is 1.96. The van der Waals surface area contributed by atoms with Gasteiger partial charge in [-0.25, -0.2) is 0 Å². The second-order valence-electron chi connectivity index (χ2n) is 3.42. The highest BCUT2D eigenvalue weighted by molar-refractivity contribution is 5.66. The zero-order chi connectivity index (χ0) is 12.1. The average Bonchev–Trinajstić information content (AvgIpc) is 2.25. The molecule has 96 valence electrons. The minimum atomic E-state index is -0.744. The fourth-order valence-corrected chi connectivity index (χ4v) is 1.09. The van der Waals surface area contributed by atoms with Crippen LogP contribution in [0.3, 0.4) is 0 Å². The Morgan fingerprint density at radius 2 is 1.56 bits per heavy atom. The maximum atomic E-state index is 10.2. The van der Waals surface area contributed by atoms with Crippen LogP contribution in [0.1, 0.15) is 25.7 Å². The van der Waals surface area contributed by atoms with E-state index in [9.17, 15) is 4.79 Å². The Labute approximate surface area is 96.7 Å². The van der Waals surface area contributed by atoms with Gasteiger partial charge in [0.15, 0.2) is 0 Å². The van der Waals surface area contributed by atoms with Gasteiger partial charge in [0.25, 0.3) is 0 Å². The van der Waals surface area contributed by atoms with Crippen molar-refractivity contribution in [3.63, 3.8) is 0 Å². The van der Waals surface area contributed by atoms with E-state index in [4.69, 9.17) is 19.3 Å². The Morgan fingerprint density at radius 1 is 0.938 bits per heavy atom. The van der Waals surface area contributed by atoms with Crippen LogP contribution in [-0.4, -0.2) is 51.2 Å². The fourth-order valence-electron chi connectivity index (χ4n) is 1.09. The van der Waals surface area contributed by atoms with Crippen molar-refractivity contribution in [1.29, 1.82) is 0 Å². The smallest absolute Gasteiger partial charge is 0.303 e. The van der Waals surface area contributed by atoms with Gasteiger partial charge in [0.1, 0.15) is 0 Å². The number of aliphatic carboxylic acids is 1. The van der Waals surface area contributed by atoms with E-state index in [1.165, 1.54) is 0 Å². The van der Waals surface area contributed by atoms with Gasteiger partial charge in [-0.3, -0.25) is 4.79 Å². The number of carboxylic acids is 1. The van der Waals surface area contributed by atoms with Gasteiger partial charge in [-0.1, -0.05) is 0 Å². The van der Waals surface area contributed by atoms with Crippen LogP contribution in [0, 0.1) is 0 Å². The van der Waals surface area contributed by atoms with Crippen LogP contribution in [-0.2, 0) is 19.0 Å². The summed E-state index contributed by atoms with van der Waals surface area (Å²) in [6, 6.07) is 0. The molecule has 0 aromatic heterocycles. The first kappa shape index (κ1) is 15.3. The first-order chi connectivity index (χ1) is 7.77. The molecule has 16 heavy (non-hydrogen) atoms. The second-order valence-corrected chi connectivity index (χ2v) is 3.42. The van der Waals surface area contributed by atoms with Crippen LogP contribution in [0.4, 0.5) is 0 Å². The Kier molecular flexibility index (Phi) is 11.9. The lowest BCUT2D eigenvalue weighted by Crippen LogP contribution is -2.06. The Balaban J connectivity index is 2.90. The fraction of sp³-hybridized carbons (Fsp3) is 0.909. The first-order valence-electron chi connectivity index (χ1n) is 5.63. The van der Waals surface area contributed by atoms with Gasteiger partial charge in [-0.2, -0.15) is 0 Å². The summed E-state index contributed by atoms with van der Waals surface area (Å²) in [4.78, 5) is 10.2. The predicted octanol–water partition coefficient (Wildman–Crippen LogP) is 1.31. The van der Waals surface area contributed by atoms with E-state index in [1.807, 2.05) is 0 Å². The third kappa shape index (κ3) is 13.4. The standard InChI is InChI=1S/C11H22O5/c1-14-9-10-16-8-4-7-15-6-3-2-5-11(12)13/h2-10H2,1H3,(H,12,13). The Hall–Kier alpha value is -0.650. The summed E-state index contributed by atoms with van der Waals surface area (Å²) < 4.78 is 15.4. The van der Waals surface area contributed by atoms with Gasteiger partial charge in [0.05, 0.1) is 13.2 Å². The van der Waals surface area contributed by atoms with E-state index in [2.05, 4.69) is 0 Å². The molecule has 0 saturated heterocycles. The normalized spacial score (nSPS) is 10.6. The number of rotatable bonds is 12. The van der Waals surface area contributed by atoms with E-state index in [-0.39, 0.29) is 6.42 Å². The quantitative estimate of drug-likeness (QED) is 0.516. The van der Waals surface area contributed by atoms with Gasteiger partial charge in [0, 0.05) is 33.4 Å². The Bertz CT molecular complexity index is 160. The van der Waals surface area contributed by atoms with E-state index in [1.54, 1.807) is 7.11 Å². The first-order valence-corrected chi connectivity index (χ1v) is 5.63. The molecule has 0 atom stereocenters. The predicted molar refractivity (Wildman–Crippen MR) is 59.6 cm³/mol. The van der Waals surface area contributed by atoms with Crippen LogP contribution in [0.2, 0.25) is 0 Å². The van der Waals surface area contributed by atoms with Crippen LogP contribution < -0.4 is 0 Å². The summed E-state index contributed by atoms with van der Waals surface area (Å²) >= 11 is 0. The molecule has 0 aromatic rings. The lowest BCUT2D eigenvalue weighted by atomic mass is 10.2. The molecule has 0 aliphatic rings. The monoisotopic (exact) mass is 234 g/mol. The maximum absolute atomic E-state index is 10.2. The average molecular weight is 234 g/mol. The van der Waals surface area contributed by atoms with Crippen molar-refractivity contribution in [2.45, 2.75) is 25.7 Å². The zero-order valence-corrected chi connectivity index (χ0v) is 9.94. The maximum Gasteiger partial charge on any atom is 0.303 e. The topological polar surface area (TPSA) is 65.0 Å². The van der Waals surface area contributed by atoms with E-state index in [0.29, 0.717) is 39.5 Å². The molecule has 5 nitrogen and oxygen atoms in total. The molecule has 0 radical (unpaired) electrons. The molecule has 1 N–H and O–H groups in total. The summed E-state index contributed by atoms with van der Waals surface area (Å²) in [7, 11) is 1.64. The van der Waals surface area contributed by atoms with Crippen LogP contribution in [0.5, 0.6) is 0 Å². The minimum absolute atomic E-state index is 0.226. The van der Waals surface area contributed by atoms with Crippen LogP contribution in [0.15, 0.2) is 0 Å². The number of methoxy groups -OCH3 is 1. The molecular weight excluding hydrogens is 212 g/mol. The number of unbranched alkanes of at least 4 members (excludes halogenated alkanes) is 1. The molecule has 0 unspecified atom stereocenters. The highest BCUT2D eigenvalue weighted by Crippen LogP contribution is 1.96. The van der Waals surface area contributed by atoms with Crippen molar-refractivity contribution in [1.82, 2.24) is 0 Å². The SMILES string of the molecule is COCCOCCCOCCCCC(=O)O. The van der Waals surface area contributed by atoms with Crippen LogP contribution >= 0.6 is 0 Å². The molecule has 0 aliphatic carbocycles.